The Bertz CT molecular complexity index is 169. The molecule has 0 aromatic heterocycles. The molecule has 0 unspecified atom stereocenters. The van der Waals surface area contributed by atoms with Crippen molar-refractivity contribution in [1.29, 1.82) is 0 Å². The topological polar surface area (TPSA) is 52.6 Å². The second-order valence-electron chi connectivity index (χ2n) is 2.29. The third-order valence-electron chi connectivity index (χ3n) is 1.11. The third-order valence-corrected chi connectivity index (χ3v) is 1.22. The first-order valence-corrected chi connectivity index (χ1v) is 3.89. The van der Waals surface area contributed by atoms with E-state index in [2.05, 4.69) is 4.74 Å². The van der Waals surface area contributed by atoms with Crippen molar-refractivity contribution in [2.45, 2.75) is 26.4 Å². The van der Waals surface area contributed by atoms with Gasteiger partial charge in [-0.1, -0.05) is 0 Å². The standard InChI is InChI=1S/C7H11ClO4/c1-5(12-6(2)9)3-4-11-7(8)10/h5H,3-4H2,1-2H3/t5-/m1/s1. The van der Waals surface area contributed by atoms with Crippen molar-refractivity contribution < 1.29 is 19.1 Å². The maximum absolute atomic E-state index is 10.4. The molecular weight excluding hydrogens is 184 g/mol. The lowest BCUT2D eigenvalue weighted by Crippen LogP contribution is -2.14. The number of halogens is 1. The van der Waals surface area contributed by atoms with Gasteiger partial charge in [0.1, 0.15) is 6.10 Å². The van der Waals surface area contributed by atoms with Crippen molar-refractivity contribution in [1.82, 2.24) is 0 Å². The number of hydrogen-bond donors (Lipinski definition) is 0. The van der Waals surface area contributed by atoms with Crippen LogP contribution in [-0.2, 0) is 14.3 Å². The fraction of sp³-hybridized carbons (Fsp3) is 0.714. The van der Waals surface area contributed by atoms with Crippen LogP contribution in [0.3, 0.4) is 0 Å². The number of rotatable bonds is 4. The van der Waals surface area contributed by atoms with Gasteiger partial charge in [-0.05, 0) is 6.92 Å². The maximum atomic E-state index is 10.4. The first-order chi connectivity index (χ1) is 5.52. The van der Waals surface area contributed by atoms with Gasteiger partial charge < -0.3 is 9.47 Å². The van der Waals surface area contributed by atoms with E-state index in [9.17, 15) is 9.59 Å². The quantitative estimate of drug-likeness (QED) is 0.505. The highest BCUT2D eigenvalue weighted by molar-refractivity contribution is 6.61. The van der Waals surface area contributed by atoms with Crippen LogP contribution in [0.2, 0.25) is 0 Å². The molecule has 0 N–H and O–H groups in total. The van der Waals surface area contributed by atoms with Crippen LogP contribution < -0.4 is 0 Å². The molecule has 0 amide bonds. The lowest BCUT2D eigenvalue weighted by Gasteiger charge is -2.10. The van der Waals surface area contributed by atoms with Crippen molar-refractivity contribution >= 4 is 23.0 Å². The summed E-state index contributed by atoms with van der Waals surface area (Å²) in [6.45, 7) is 3.20. The highest BCUT2D eigenvalue weighted by Crippen LogP contribution is 1.99. The van der Waals surface area contributed by atoms with Crippen molar-refractivity contribution in [2.24, 2.45) is 0 Å². The summed E-state index contributed by atoms with van der Waals surface area (Å²) in [5.41, 5.74) is -0.843. The molecule has 0 fully saturated rings. The van der Waals surface area contributed by atoms with E-state index in [4.69, 9.17) is 16.3 Å². The normalized spacial score (nSPS) is 11.9. The van der Waals surface area contributed by atoms with Crippen molar-refractivity contribution in [3.8, 4) is 0 Å². The van der Waals surface area contributed by atoms with Crippen LogP contribution >= 0.6 is 11.6 Å². The summed E-state index contributed by atoms with van der Waals surface area (Å²) < 4.78 is 9.19. The molecule has 0 aliphatic carbocycles. The van der Waals surface area contributed by atoms with Gasteiger partial charge in [0.05, 0.1) is 6.61 Å². The molecule has 0 heterocycles. The predicted octanol–water partition coefficient (Wildman–Crippen LogP) is 1.70. The summed E-state index contributed by atoms with van der Waals surface area (Å²) in [7, 11) is 0. The van der Waals surface area contributed by atoms with Crippen LogP contribution in [-0.4, -0.2) is 24.1 Å². The van der Waals surface area contributed by atoms with Gasteiger partial charge in [-0.15, -0.1) is 0 Å². The molecule has 0 aliphatic rings. The highest BCUT2D eigenvalue weighted by Gasteiger charge is 2.05. The Morgan fingerprint density at radius 2 is 2.08 bits per heavy atom. The Hall–Kier alpha value is -0.770. The van der Waals surface area contributed by atoms with E-state index in [1.54, 1.807) is 6.92 Å². The molecule has 0 aromatic rings. The van der Waals surface area contributed by atoms with Gasteiger partial charge in [0.25, 0.3) is 0 Å². The number of carbonyl (C=O) groups is 2. The second-order valence-corrected chi connectivity index (χ2v) is 2.60. The molecule has 70 valence electrons. The van der Waals surface area contributed by atoms with Crippen LogP contribution in [0.15, 0.2) is 0 Å². The number of esters is 1. The Morgan fingerprint density at radius 3 is 2.50 bits per heavy atom. The highest BCUT2D eigenvalue weighted by atomic mass is 35.5. The SMILES string of the molecule is CC(=O)O[C@H](C)CCOC(=O)Cl. The van der Waals surface area contributed by atoms with Crippen LogP contribution in [0.4, 0.5) is 4.79 Å². The minimum Gasteiger partial charge on any atom is -0.463 e. The molecule has 0 radical (unpaired) electrons. The predicted molar refractivity (Wildman–Crippen MR) is 43.0 cm³/mol. The van der Waals surface area contributed by atoms with Crippen LogP contribution in [0.25, 0.3) is 0 Å². The van der Waals surface area contributed by atoms with E-state index in [-0.39, 0.29) is 18.7 Å². The molecule has 0 bridgehead atoms. The zero-order valence-corrected chi connectivity index (χ0v) is 7.76. The van der Waals surface area contributed by atoms with E-state index < -0.39 is 5.43 Å². The molecule has 0 spiro atoms. The minimum absolute atomic E-state index is 0.163. The molecule has 5 heteroatoms. The summed E-state index contributed by atoms with van der Waals surface area (Å²) in [6, 6.07) is 0. The van der Waals surface area contributed by atoms with Gasteiger partial charge in [-0.3, -0.25) is 4.79 Å². The monoisotopic (exact) mass is 194 g/mol. The Labute approximate surface area is 75.8 Å². The Morgan fingerprint density at radius 1 is 1.50 bits per heavy atom. The fourth-order valence-corrected chi connectivity index (χ4v) is 0.725. The number of hydrogen-bond acceptors (Lipinski definition) is 4. The molecule has 1 atom stereocenters. The third kappa shape index (κ3) is 7.34. The van der Waals surface area contributed by atoms with Crippen LogP contribution in [0, 0.1) is 0 Å². The summed E-state index contributed by atoms with van der Waals surface area (Å²) in [4.78, 5) is 20.5. The molecular formula is C7H11ClO4. The first kappa shape index (κ1) is 11.2. The van der Waals surface area contributed by atoms with Gasteiger partial charge >= 0.3 is 11.4 Å². The molecule has 0 aliphatic heterocycles. The van der Waals surface area contributed by atoms with E-state index >= 15 is 0 Å². The minimum atomic E-state index is -0.843. The van der Waals surface area contributed by atoms with Crippen molar-refractivity contribution in [3.05, 3.63) is 0 Å². The van der Waals surface area contributed by atoms with Gasteiger partial charge in [0.15, 0.2) is 0 Å². The van der Waals surface area contributed by atoms with Gasteiger partial charge in [-0.25, -0.2) is 4.79 Å². The molecule has 0 aromatic carbocycles. The summed E-state index contributed by atoms with van der Waals surface area (Å²) >= 11 is 4.90. The summed E-state index contributed by atoms with van der Waals surface area (Å²) in [5, 5.41) is 0. The maximum Gasteiger partial charge on any atom is 0.403 e. The first-order valence-electron chi connectivity index (χ1n) is 3.52. The van der Waals surface area contributed by atoms with E-state index in [0.29, 0.717) is 6.42 Å². The Balaban J connectivity index is 3.37. The zero-order valence-electron chi connectivity index (χ0n) is 7.00. The smallest absolute Gasteiger partial charge is 0.403 e. The zero-order chi connectivity index (χ0) is 9.56. The van der Waals surface area contributed by atoms with Crippen molar-refractivity contribution in [2.75, 3.05) is 6.61 Å². The van der Waals surface area contributed by atoms with Crippen molar-refractivity contribution in [3.63, 3.8) is 0 Å². The lowest BCUT2D eigenvalue weighted by molar-refractivity contribution is -0.145. The van der Waals surface area contributed by atoms with E-state index in [0.717, 1.165) is 0 Å². The molecule has 0 saturated carbocycles. The van der Waals surface area contributed by atoms with Crippen LogP contribution in [0.5, 0.6) is 0 Å². The van der Waals surface area contributed by atoms with Crippen LogP contribution in [0.1, 0.15) is 20.3 Å². The average Bonchev–Trinajstić information content (AvgIpc) is 1.84. The molecule has 0 saturated heterocycles. The van der Waals surface area contributed by atoms with E-state index in [1.807, 2.05) is 0 Å². The second kappa shape index (κ2) is 5.83. The average molecular weight is 195 g/mol. The summed E-state index contributed by atoms with van der Waals surface area (Å²) in [6.07, 6.45) is 0.205. The van der Waals surface area contributed by atoms with E-state index in [1.165, 1.54) is 6.92 Å². The van der Waals surface area contributed by atoms with Gasteiger partial charge in [0.2, 0.25) is 0 Å². The number of ether oxygens (including phenoxy) is 2. The Kier molecular flexibility index (Phi) is 5.45. The molecule has 4 nitrogen and oxygen atoms in total. The van der Waals surface area contributed by atoms with Gasteiger partial charge in [0, 0.05) is 24.9 Å². The lowest BCUT2D eigenvalue weighted by atomic mass is 10.3. The largest absolute Gasteiger partial charge is 0.463 e. The molecule has 12 heavy (non-hydrogen) atoms. The van der Waals surface area contributed by atoms with Gasteiger partial charge in [-0.2, -0.15) is 0 Å². The summed E-state index contributed by atoms with van der Waals surface area (Å²) in [5.74, 6) is -0.347. The number of carbonyl (C=O) groups excluding carboxylic acids is 2. The molecule has 0 rings (SSSR count). The fourth-order valence-electron chi connectivity index (χ4n) is 0.647.